The van der Waals surface area contributed by atoms with Crippen LogP contribution in [0.25, 0.3) is 106 Å². The Balaban J connectivity index is 1.16. The van der Waals surface area contributed by atoms with Crippen LogP contribution in [0.3, 0.4) is 0 Å². The van der Waals surface area contributed by atoms with E-state index in [1.54, 1.807) is 0 Å². The third-order valence-electron chi connectivity index (χ3n) is 11.1. The summed E-state index contributed by atoms with van der Waals surface area (Å²) in [5.41, 5.74) is 15.7. The summed E-state index contributed by atoms with van der Waals surface area (Å²) in [7, 11) is 0. The van der Waals surface area contributed by atoms with Gasteiger partial charge in [0.05, 0.1) is 17.1 Å². The van der Waals surface area contributed by atoms with Gasteiger partial charge in [-0.1, -0.05) is 188 Å². The summed E-state index contributed by atoms with van der Waals surface area (Å²) in [4.78, 5) is 21.2. The lowest BCUT2D eigenvalue weighted by atomic mass is 9.91. The summed E-state index contributed by atoms with van der Waals surface area (Å²) in [5, 5.41) is 2.11. The first kappa shape index (κ1) is 34.2. The Kier molecular flexibility index (Phi) is 8.41. The van der Waals surface area contributed by atoms with Gasteiger partial charge in [-0.05, 0) is 46.0 Å². The molecule has 4 aromatic heterocycles. The van der Waals surface area contributed by atoms with Crippen LogP contribution in [0.15, 0.2) is 212 Å². The standard InChI is InChI=1S/C54H35N5/c1-4-15-36(16-5-1)38-26-30-40(31-27-38)50-48(51(57-53(56-50)42-19-8-3-9-20-42)41-32-28-39(29-33-41)37-17-6-2-7-18-37)43-21-14-22-44(35-43)49-45-23-10-11-24-46(45)52-54(58-49)59-34-13-12-25-47(59)55-52/h1-35H. The van der Waals surface area contributed by atoms with Crippen LogP contribution in [0, 0.1) is 0 Å². The molecule has 0 unspecified atom stereocenters. The maximum absolute atomic E-state index is 5.43. The first-order chi connectivity index (χ1) is 29.2. The van der Waals surface area contributed by atoms with Crippen molar-refractivity contribution >= 4 is 27.6 Å². The van der Waals surface area contributed by atoms with Gasteiger partial charge in [0, 0.05) is 44.8 Å². The fraction of sp³-hybridized carbons (Fsp3) is 0. The molecule has 59 heavy (non-hydrogen) atoms. The molecule has 0 fully saturated rings. The molecule has 7 aromatic carbocycles. The lowest BCUT2D eigenvalue weighted by molar-refractivity contribution is 1.18. The fourth-order valence-corrected chi connectivity index (χ4v) is 8.15. The van der Waals surface area contributed by atoms with Crippen molar-refractivity contribution in [2.24, 2.45) is 0 Å². The zero-order valence-electron chi connectivity index (χ0n) is 31.9. The van der Waals surface area contributed by atoms with Gasteiger partial charge < -0.3 is 0 Å². The molecular weight excluding hydrogens is 719 g/mol. The average molecular weight is 754 g/mol. The number of hydrogen-bond donors (Lipinski definition) is 0. The van der Waals surface area contributed by atoms with Crippen LogP contribution in [0.4, 0.5) is 0 Å². The van der Waals surface area contributed by atoms with E-state index in [0.717, 1.165) is 89.2 Å². The molecule has 5 heteroatoms. The maximum atomic E-state index is 5.43. The van der Waals surface area contributed by atoms with Crippen LogP contribution in [0.2, 0.25) is 0 Å². The average Bonchev–Trinajstić information content (AvgIpc) is 3.71. The van der Waals surface area contributed by atoms with Crippen molar-refractivity contribution in [3.8, 4) is 78.5 Å². The molecule has 11 aromatic rings. The van der Waals surface area contributed by atoms with E-state index in [-0.39, 0.29) is 0 Å². The highest BCUT2D eigenvalue weighted by Crippen LogP contribution is 2.42. The molecule has 0 amide bonds. The maximum Gasteiger partial charge on any atom is 0.165 e. The summed E-state index contributed by atoms with van der Waals surface area (Å²) >= 11 is 0. The Morgan fingerprint density at radius 3 is 1.39 bits per heavy atom. The fourth-order valence-electron chi connectivity index (χ4n) is 8.15. The van der Waals surface area contributed by atoms with E-state index in [1.807, 2.05) is 54.7 Å². The second-order valence-electron chi connectivity index (χ2n) is 14.7. The molecule has 11 rings (SSSR count). The van der Waals surface area contributed by atoms with Gasteiger partial charge in [0.15, 0.2) is 11.5 Å². The first-order valence-electron chi connectivity index (χ1n) is 19.8. The number of nitrogens with zero attached hydrogens (tertiary/aromatic N) is 5. The van der Waals surface area contributed by atoms with Crippen LogP contribution in [0.5, 0.6) is 0 Å². The Morgan fingerprint density at radius 2 is 0.780 bits per heavy atom. The van der Waals surface area contributed by atoms with Gasteiger partial charge in [0.2, 0.25) is 0 Å². The number of benzene rings is 7. The molecule has 0 spiro atoms. The second kappa shape index (κ2) is 14.5. The van der Waals surface area contributed by atoms with Crippen molar-refractivity contribution in [3.63, 3.8) is 0 Å². The third kappa shape index (κ3) is 6.22. The van der Waals surface area contributed by atoms with Crippen LogP contribution in [-0.4, -0.2) is 24.3 Å². The second-order valence-corrected chi connectivity index (χ2v) is 14.7. The van der Waals surface area contributed by atoms with Gasteiger partial charge >= 0.3 is 0 Å². The van der Waals surface area contributed by atoms with Crippen molar-refractivity contribution in [1.29, 1.82) is 0 Å². The lowest BCUT2D eigenvalue weighted by Gasteiger charge is -2.18. The zero-order valence-corrected chi connectivity index (χ0v) is 31.9. The van der Waals surface area contributed by atoms with Crippen molar-refractivity contribution in [3.05, 3.63) is 212 Å². The van der Waals surface area contributed by atoms with E-state index in [1.165, 1.54) is 11.1 Å². The summed E-state index contributed by atoms with van der Waals surface area (Å²) < 4.78 is 2.07. The minimum atomic E-state index is 0.667. The van der Waals surface area contributed by atoms with Crippen molar-refractivity contribution in [2.45, 2.75) is 0 Å². The number of aromatic nitrogens is 5. The molecule has 0 saturated carbocycles. The highest BCUT2D eigenvalue weighted by molar-refractivity contribution is 6.09. The van der Waals surface area contributed by atoms with E-state index in [2.05, 4.69) is 162 Å². The predicted molar refractivity (Wildman–Crippen MR) is 242 cm³/mol. The smallest absolute Gasteiger partial charge is 0.165 e. The molecular formula is C54H35N5. The van der Waals surface area contributed by atoms with Gasteiger partial charge in [-0.3, -0.25) is 4.40 Å². The minimum Gasteiger partial charge on any atom is -0.284 e. The molecule has 0 aliphatic carbocycles. The van der Waals surface area contributed by atoms with Crippen LogP contribution in [0.1, 0.15) is 0 Å². The first-order valence-corrected chi connectivity index (χ1v) is 19.8. The number of fused-ring (bicyclic) bond motifs is 5. The van der Waals surface area contributed by atoms with Crippen molar-refractivity contribution in [2.75, 3.05) is 0 Å². The lowest BCUT2D eigenvalue weighted by Crippen LogP contribution is -2.01. The Hall–Kier alpha value is -8.02. The normalized spacial score (nSPS) is 11.4. The van der Waals surface area contributed by atoms with Gasteiger partial charge in [-0.25, -0.2) is 19.9 Å². The van der Waals surface area contributed by atoms with Gasteiger partial charge in [-0.2, -0.15) is 0 Å². The molecule has 0 aliphatic rings. The minimum absolute atomic E-state index is 0.667. The van der Waals surface area contributed by atoms with Crippen molar-refractivity contribution in [1.82, 2.24) is 24.3 Å². The van der Waals surface area contributed by atoms with E-state index in [0.29, 0.717) is 5.82 Å². The number of rotatable bonds is 7. The highest BCUT2D eigenvalue weighted by atomic mass is 15.1. The Morgan fingerprint density at radius 1 is 0.305 bits per heavy atom. The topological polar surface area (TPSA) is 56.0 Å². The van der Waals surface area contributed by atoms with Crippen LogP contribution in [-0.2, 0) is 0 Å². The molecule has 4 heterocycles. The van der Waals surface area contributed by atoms with E-state index in [9.17, 15) is 0 Å². The van der Waals surface area contributed by atoms with Crippen molar-refractivity contribution < 1.29 is 0 Å². The Bertz CT molecular complexity index is 3180. The largest absolute Gasteiger partial charge is 0.284 e. The molecule has 0 aliphatic heterocycles. The molecule has 0 bridgehead atoms. The van der Waals surface area contributed by atoms with Gasteiger partial charge in [0.25, 0.3) is 0 Å². The summed E-state index contributed by atoms with van der Waals surface area (Å²) in [6.45, 7) is 0. The number of imidazole rings is 1. The summed E-state index contributed by atoms with van der Waals surface area (Å²) in [5.74, 6) is 0.667. The highest BCUT2D eigenvalue weighted by Gasteiger charge is 2.22. The van der Waals surface area contributed by atoms with E-state index < -0.39 is 0 Å². The molecule has 0 saturated heterocycles. The monoisotopic (exact) mass is 753 g/mol. The SMILES string of the molecule is c1ccc(-c2ccc(-c3nc(-c4ccccc4)nc(-c4ccc(-c5ccccc5)cc4)c3-c3cccc(-c4nc5c(nc6ccccn65)c5ccccc45)c3)cc2)cc1. The number of hydrogen-bond acceptors (Lipinski definition) is 4. The number of pyridine rings is 2. The third-order valence-corrected chi connectivity index (χ3v) is 11.1. The summed E-state index contributed by atoms with van der Waals surface area (Å²) in [6, 6.07) is 71.9. The molecule has 0 radical (unpaired) electrons. The van der Waals surface area contributed by atoms with E-state index in [4.69, 9.17) is 19.9 Å². The Labute approximate surface area is 341 Å². The quantitative estimate of drug-likeness (QED) is 0.163. The van der Waals surface area contributed by atoms with Crippen LogP contribution >= 0.6 is 0 Å². The zero-order chi connectivity index (χ0) is 39.1. The van der Waals surface area contributed by atoms with E-state index >= 15 is 0 Å². The summed E-state index contributed by atoms with van der Waals surface area (Å²) in [6.07, 6.45) is 2.03. The van der Waals surface area contributed by atoms with Gasteiger partial charge in [0.1, 0.15) is 11.2 Å². The molecule has 0 atom stereocenters. The predicted octanol–water partition coefficient (Wildman–Crippen LogP) is 13.5. The molecule has 5 nitrogen and oxygen atoms in total. The van der Waals surface area contributed by atoms with Crippen LogP contribution < -0.4 is 0 Å². The molecule has 0 N–H and O–H groups in total. The molecule has 276 valence electrons. The van der Waals surface area contributed by atoms with Gasteiger partial charge in [-0.15, -0.1) is 0 Å².